The van der Waals surface area contributed by atoms with Crippen LogP contribution in [-0.2, 0) is 4.79 Å². The predicted molar refractivity (Wildman–Crippen MR) is 98.8 cm³/mol. The fourth-order valence-electron chi connectivity index (χ4n) is 2.42. The molecule has 0 aliphatic heterocycles. The van der Waals surface area contributed by atoms with Crippen LogP contribution in [0.4, 0.5) is 11.5 Å². The first-order valence-electron chi connectivity index (χ1n) is 7.95. The van der Waals surface area contributed by atoms with Crippen LogP contribution in [0.1, 0.15) is 17.4 Å². The van der Waals surface area contributed by atoms with Gasteiger partial charge in [0.05, 0.1) is 12.8 Å². The second kappa shape index (κ2) is 7.52. The van der Waals surface area contributed by atoms with Crippen LogP contribution in [0.2, 0.25) is 0 Å². The van der Waals surface area contributed by atoms with Crippen molar-refractivity contribution in [2.45, 2.75) is 6.92 Å². The highest BCUT2D eigenvalue weighted by atomic mass is 16.5. The van der Waals surface area contributed by atoms with Crippen molar-refractivity contribution in [3.63, 3.8) is 0 Å². The van der Waals surface area contributed by atoms with E-state index in [2.05, 4.69) is 15.7 Å². The second-order valence-corrected chi connectivity index (χ2v) is 5.53. The number of hydrogen-bond acceptors (Lipinski definition) is 4. The zero-order valence-corrected chi connectivity index (χ0v) is 14.4. The number of carbonyl (C=O) groups is 2. The molecular formula is C19H18N4O3. The topological polar surface area (TPSA) is 85.3 Å². The van der Waals surface area contributed by atoms with Gasteiger partial charge in [-0.1, -0.05) is 24.3 Å². The molecule has 3 rings (SSSR count). The lowest BCUT2D eigenvalue weighted by molar-refractivity contribution is -0.114. The Morgan fingerprint density at radius 3 is 2.46 bits per heavy atom. The molecule has 0 aliphatic carbocycles. The Kier molecular flexibility index (Phi) is 4.98. The van der Waals surface area contributed by atoms with E-state index in [1.807, 2.05) is 30.3 Å². The lowest BCUT2D eigenvalue weighted by Gasteiger charge is -2.06. The molecule has 3 aromatic rings. The van der Waals surface area contributed by atoms with Crippen molar-refractivity contribution in [2.75, 3.05) is 17.7 Å². The number of aromatic nitrogens is 2. The third-order valence-electron chi connectivity index (χ3n) is 3.57. The molecule has 0 radical (unpaired) electrons. The van der Waals surface area contributed by atoms with E-state index in [1.165, 1.54) is 17.7 Å². The molecule has 0 spiro atoms. The number of ether oxygens (including phenoxy) is 1. The largest absolute Gasteiger partial charge is 0.497 e. The number of rotatable bonds is 5. The Balaban J connectivity index is 1.90. The molecule has 0 saturated carbocycles. The first-order valence-corrected chi connectivity index (χ1v) is 7.95. The van der Waals surface area contributed by atoms with Crippen LogP contribution in [0.3, 0.4) is 0 Å². The Morgan fingerprint density at radius 1 is 1.00 bits per heavy atom. The fourth-order valence-corrected chi connectivity index (χ4v) is 2.42. The van der Waals surface area contributed by atoms with Crippen molar-refractivity contribution < 1.29 is 14.3 Å². The van der Waals surface area contributed by atoms with E-state index >= 15 is 0 Å². The molecule has 26 heavy (non-hydrogen) atoms. The summed E-state index contributed by atoms with van der Waals surface area (Å²) in [6.07, 6.45) is 0. The lowest BCUT2D eigenvalue weighted by atomic mass is 10.3. The standard InChI is InChI=1S/C19H18N4O3/c1-13(24)20-18-12-17(22-23(18)15-8-4-3-5-9-15)19(25)21-14-7-6-10-16(11-14)26-2/h3-12H,1-2H3,(H,20,24)(H,21,25). The summed E-state index contributed by atoms with van der Waals surface area (Å²) in [5, 5.41) is 9.79. The summed E-state index contributed by atoms with van der Waals surface area (Å²) in [4.78, 5) is 24.0. The summed E-state index contributed by atoms with van der Waals surface area (Å²) in [6.45, 7) is 1.40. The second-order valence-electron chi connectivity index (χ2n) is 5.53. The van der Waals surface area contributed by atoms with Gasteiger partial charge in [0.15, 0.2) is 5.69 Å². The van der Waals surface area contributed by atoms with Crippen molar-refractivity contribution in [3.05, 3.63) is 66.4 Å². The van der Waals surface area contributed by atoms with E-state index in [-0.39, 0.29) is 17.5 Å². The number of hydrogen-bond donors (Lipinski definition) is 2. The van der Waals surface area contributed by atoms with Crippen LogP contribution >= 0.6 is 0 Å². The summed E-state index contributed by atoms with van der Waals surface area (Å²) < 4.78 is 6.66. The van der Waals surface area contributed by atoms with Gasteiger partial charge in [0.25, 0.3) is 5.91 Å². The van der Waals surface area contributed by atoms with Gasteiger partial charge in [0.1, 0.15) is 11.6 Å². The molecular weight excluding hydrogens is 332 g/mol. The molecule has 2 N–H and O–H groups in total. The van der Waals surface area contributed by atoms with Gasteiger partial charge in [-0.2, -0.15) is 5.10 Å². The number of methoxy groups -OCH3 is 1. The van der Waals surface area contributed by atoms with Gasteiger partial charge < -0.3 is 15.4 Å². The van der Waals surface area contributed by atoms with E-state index in [4.69, 9.17) is 4.74 Å². The Morgan fingerprint density at radius 2 is 1.77 bits per heavy atom. The molecule has 0 atom stereocenters. The summed E-state index contributed by atoms with van der Waals surface area (Å²) in [6, 6.07) is 17.8. The monoisotopic (exact) mass is 350 g/mol. The van der Waals surface area contributed by atoms with Crippen molar-refractivity contribution in [1.29, 1.82) is 0 Å². The van der Waals surface area contributed by atoms with Crippen LogP contribution in [0.15, 0.2) is 60.7 Å². The highest BCUT2D eigenvalue weighted by Gasteiger charge is 2.16. The van der Waals surface area contributed by atoms with E-state index in [1.54, 1.807) is 31.4 Å². The Labute approximate surface area is 150 Å². The predicted octanol–water partition coefficient (Wildman–Crippen LogP) is 3.09. The highest BCUT2D eigenvalue weighted by Crippen LogP contribution is 2.20. The molecule has 0 bridgehead atoms. The van der Waals surface area contributed by atoms with Crippen molar-refractivity contribution in [2.24, 2.45) is 0 Å². The quantitative estimate of drug-likeness (QED) is 0.740. The fraction of sp³-hybridized carbons (Fsp3) is 0.105. The number of anilines is 2. The van der Waals surface area contributed by atoms with E-state index in [0.29, 0.717) is 17.3 Å². The maximum atomic E-state index is 12.6. The number of carbonyl (C=O) groups excluding carboxylic acids is 2. The molecule has 132 valence electrons. The van der Waals surface area contributed by atoms with Gasteiger partial charge in [-0.3, -0.25) is 9.59 Å². The molecule has 0 fully saturated rings. The van der Waals surface area contributed by atoms with Crippen LogP contribution in [-0.4, -0.2) is 28.7 Å². The molecule has 7 nitrogen and oxygen atoms in total. The number of benzene rings is 2. The van der Waals surface area contributed by atoms with Crippen molar-refractivity contribution >= 4 is 23.3 Å². The normalized spacial score (nSPS) is 10.2. The minimum atomic E-state index is -0.389. The van der Waals surface area contributed by atoms with Gasteiger partial charge >= 0.3 is 0 Å². The Hall–Kier alpha value is -3.61. The average molecular weight is 350 g/mol. The van der Waals surface area contributed by atoms with E-state index < -0.39 is 0 Å². The van der Waals surface area contributed by atoms with E-state index in [9.17, 15) is 9.59 Å². The number of para-hydroxylation sites is 1. The maximum absolute atomic E-state index is 12.6. The van der Waals surface area contributed by atoms with Gasteiger partial charge in [-0.05, 0) is 24.3 Å². The summed E-state index contributed by atoms with van der Waals surface area (Å²) in [5.74, 6) is 0.414. The average Bonchev–Trinajstić information content (AvgIpc) is 3.06. The third-order valence-corrected chi connectivity index (χ3v) is 3.57. The Bertz CT molecular complexity index is 935. The number of amides is 2. The zero-order chi connectivity index (χ0) is 18.5. The molecule has 0 aliphatic rings. The third kappa shape index (κ3) is 3.89. The summed E-state index contributed by atoms with van der Waals surface area (Å²) >= 11 is 0. The van der Waals surface area contributed by atoms with Crippen LogP contribution in [0, 0.1) is 0 Å². The van der Waals surface area contributed by atoms with Crippen molar-refractivity contribution in [3.8, 4) is 11.4 Å². The molecule has 2 amide bonds. The van der Waals surface area contributed by atoms with E-state index in [0.717, 1.165) is 5.69 Å². The first kappa shape index (κ1) is 17.2. The van der Waals surface area contributed by atoms with Gasteiger partial charge in [-0.15, -0.1) is 0 Å². The molecule has 0 saturated heterocycles. The van der Waals surface area contributed by atoms with Crippen molar-refractivity contribution in [1.82, 2.24) is 9.78 Å². The maximum Gasteiger partial charge on any atom is 0.276 e. The molecule has 2 aromatic carbocycles. The SMILES string of the molecule is COc1cccc(NC(=O)c2cc(NC(C)=O)n(-c3ccccc3)n2)c1. The summed E-state index contributed by atoms with van der Waals surface area (Å²) in [5.41, 5.74) is 1.50. The molecule has 1 aromatic heterocycles. The molecule has 7 heteroatoms. The number of nitrogens with zero attached hydrogens (tertiary/aromatic N) is 2. The molecule has 1 heterocycles. The van der Waals surface area contributed by atoms with Gasteiger partial charge in [-0.25, -0.2) is 4.68 Å². The lowest BCUT2D eigenvalue weighted by Crippen LogP contribution is -2.13. The summed E-state index contributed by atoms with van der Waals surface area (Å²) in [7, 11) is 1.56. The van der Waals surface area contributed by atoms with Crippen LogP contribution < -0.4 is 15.4 Å². The molecule has 0 unspecified atom stereocenters. The minimum absolute atomic E-state index is 0.181. The van der Waals surface area contributed by atoms with Crippen LogP contribution in [0.5, 0.6) is 5.75 Å². The number of nitrogens with one attached hydrogen (secondary N) is 2. The van der Waals surface area contributed by atoms with Crippen LogP contribution in [0.25, 0.3) is 5.69 Å². The first-order chi connectivity index (χ1) is 12.6. The highest BCUT2D eigenvalue weighted by molar-refractivity contribution is 6.04. The minimum Gasteiger partial charge on any atom is -0.497 e. The smallest absolute Gasteiger partial charge is 0.276 e. The van der Waals surface area contributed by atoms with Gasteiger partial charge in [0.2, 0.25) is 5.91 Å². The van der Waals surface area contributed by atoms with Gasteiger partial charge in [0, 0.05) is 24.7 Å². The zero-order valence-electron chi connectivity index (χ0n) is 14.4.